The van der Waals surface area contributed by atoms with Gasteiger partial charge >= 0.3 is 11.7 Å². The van der Waals surface area contributed by atoms with Gasteiger partial charge in [-0.2, -0.15) is 0 Å². The molecule has 0 aliphatic rings. The first-order valence-corrected chi connectivity index (χ1v) is 9.57. The smallest absolute Gasteiger partial charge is 0.328 e. The van der Waals surface area contributed by atoms with Crippen LogP contribution in [0.3, 0.4) is 0 Å². The number of aromatic nitrogens is 2. The van der Waals surface area contributed by atoms with Gasteiger partial charge in [0.1, 0.15) is 0 Å². The number of ether oxygens (including phenoxy) is 1. The SMILES string of the molecule is CC(OC(=O)CCn1c(=O)n(C)c2ccccc21)C(=O)NC(C)c1ccccc1. The highest BCUT2D eigenvalue weighted by Gasteiger charge is 2.20. The lowest BCUT2D eigenvalue weighted by Crippen LogP contribution is -2.37. The number of imidazole rings is 1. The fourth-order valence-electron chi connectivity index (χ4n) is 3.25. The number of fused-ring (bicyclic) bond motifs is 1. The molecule has 152 valence electrons. The Morgan fingerprint density at radius 1 is 1.00 bits per heavy atom. The molecule has 0 aliphatic carbocycles. The molecule has 29 heavy (non-hydrogen) atoms. The van der Waals surface area contributed by atoms with Gasteiger partial charge in [-0.15, -0.1) is 0 Å². The number of rotatable bonds is 7. The molecule has 3 aromatic rings. The molecule has 1 heterocycles. The van der Waals surface area contributed by atoms with Gasteiger partial charge in [-0.25, -0.2) is 4.79 Å². The van der Waals surface area contributed by atoms with Crippen LogP contribution in [0.5, 0.6) is 0 Å². The maximum atomic E-state index is 12.4. The average molecular weight is 395 g/mol. The third kappa shape index (κ3) is 4.56. The van der Waals surface area contributed by atoms with Crippen LogP contribution >= 0.6 is 0 Å². The van der Waals surface area contributed by atoms with Crippen molar-refractivity contribution in [3.8, 4) is 0 Å². The van der Waals surface area contributed by atoms with Crippen molar-refractivity contribution in [2.24, 2.45) is 7.05 Å². The van der Waals surface area contributed by atoms with Gasteiger partial charge < -0.3 is 10.1 Å². The summed E-state index contributed by atoms with van der Waals surface area (Å²) in [6.07, 6.45) is -0.919. The molecule has 2 atom stereocenters. The summed E-state index contributed by atoms with van der Waals surface area (Å²) in [7, 11) is 1.69. The molecule has 0 fully saturated rings. The summed E-state index contributed by atoms with van der Waals surface area (Å²) in [5, 5.41) is 2.84. The molecular formula is C22H25N3O4. The Morgan fingerprint density at radius 3 is 2.31 bits per heavy atom. The zero-order valence-electron chi connectivity index (χ0n) is 16.8. The quantitative estimate of drug-likeness (QED) is 0.623. The lowest BCUT2D eigenvalue weighted by molar-refractivity contribution is -0.155. The first kappa shape index (κ1) is 20.4. The van der Waals surface area contributed by atoms with Crippen LogP contribution in [0.1, 0.15) is 31.9 Å². The molecule has 7 heteroatoms. The molecule has 3 rings (SSSR count). The molecule has 0 spiro atoms. The van der Waals surface area contributed by atoms with Gasteiger partial charge in [0.15, 0.2) is 6.10 Å². The monoisotopic (exact) mass is 395 g/mol. The molecular weight excluding hydrogens is 370 g/mol. The Hall–Kier alpha value is -3.35. The first-order chi connectivity index (χ1) is 13.9. The highest BCUT2D eigenvalue weighted by atomic mass is 16.5. The minimum Gasteiger partial charge on any atom is -0.452 e. The number of carbonyl (C=O) groups excluding carboxylic acids is 2. The second-order valence-electron chi connectivity index (χ2n) is 7.00. The number of para-hydroxylation sites is 2. The fourth-order valence-corrected chi connectivity index (χ4v) is 3.25. The van der Waals surface area contributed by atoms with Crippen molar-refractivity contribution in [2.75, 3.05) is 0 Å². The topological polar surface area (TPSA) is 82.3 Å². The van der Waals surface area contributed by atoms with E-state index in [2.05, 4.69) is 5.32 Å². The van der Waals surface area contributed by atoms with E-state index in [9.17, 15) is 14.4 Å². The van der Waals surface area contributed by atoms with Crippen LogP contribution in [-0.2, 0) is 27.9 Å². The Balaban J connectivity index is 1.56. The molecule has 1 N–H and O–H groups in total. The van der Waals surface area contributed by atoms with Crippen LogP contribution in [0.2, 0.25) is 0 Å². The molecule has 0 saturated heterocycles. The van der Waals surface area contributed by atoms with Gasteiger partial charge in [-0.05, 0) is 31.5 Å². The van der Waals surface area contributed by atoms with E-state index in [0.717, 1.165) is 16.6 Å². The van der Waals surface area contributed by atoms with E-state index in [-0.39, 0.29) is 30.6 Å². The van der Waals surface area contributed by atoms with Crippen LogP contribution in [0, 0.1) is 0 Å². The highest BCUT2D eigenvalue weighted by molar-refractivity contribution is 5.83. The van der Waals surface area contributed by atoms with E-state index < -0.39 is 12.1 Å². The molecule has 2 aromatic carbocycles. The van der Waals surface area contributed by atoms with E-state index in [4.69, 9.17) is 4.74 Å². The fraction of sp³-hybridized carbons (Fsp3) is 0.318. The maximum Gasteiger partial charge on any atom is 0.328 e. The second-order valence-corrected chi connectivity index (χ2v) is 7.00. The number of carbonyl (C=O) groups is 2. The molecule has 1 aromatic heterocycles. The number of benzene rings is 2. The summed E-state index contributed by atoms with van der Waals surface area (Å²) >= 11 is 0. The maximum absolute atomic E-state index is 12.4. The number of amides is 1. The van der Waals surface area contributed by atoms with Crippen molar-refractivity contribution >= 4 is 22.9 Å². The van der Waals surface area contributed by atoms with Gasteiger partial charge in [-0.1, -0.05) is 42.5 Å². The number of nitrogens with one attached hydrogen (secondary N) is 1. The van der Waals surface area contributed by atoms with Gasteiger partial charge in [-0.3, -0.25) is 18.7 Å². The van der Waals surface area contributed by atoms with Gasteiger partial charge in [0.05, 0.1) is 23.5 Å². The van der Waals surface area contributed by atoms with Gasteiger partial charge in [0, 0.05) is 13.6 Å². The van der Waals surface area contributed by atoms with Crippen LogP contribution in [0.15, 0.2) is 59.4 Å². The molecule has 0 bridgehead atoms. The molecule has 2 unspecified atom stereocenters. The summed E-state index contributed by atoms with van der Waals surface area (Å²) in [4.78, 5) is 36.9. The number of nitrogens with zero attached hydrogens (tertiary/aromatic N) is 2. The normalized spacial score (nSPS) is 13.1. The van der Waals surface area contributed by atoms with Crippen molar-refractivity contribution in [2.45, 2.75) is 39.0 Å². The van der Waals surface area contributed by atoms with Crippen molar-refractivity contribution in [3.05, 3.63) is 70.6 Å². The van der Waals surface area contributed by atoms with Crippen molar-refractivity contribution in [3.63, 3.8) is 0 Å². The van der Waals surface area contributed by atoms with E-state index in [1.807, 2.05) is 61.5 Å². The third-order valence-corrected chi connectivity index (χ3v) is 4.93. The summed E-state index contributed by atoms with van der Waals surface area (Å²) in [5.41, 5.74) is 2.33. The average Bonchev–Trinajstić information content (AvgIpc) is 2.97. The Morgan fingerprint density at radius 2 is 1.62 bits per heavy atom. The molecule has 0 aliphatic heterocycles. The molecule has 0 saturated carbocycles. The van der Waals surface area contributed by atoms with Crippen LogP contribution < -0.4 is 11.0 Å². The Bertz CT molecular complexity index is 1070. The third-order valence-electron chi connectivity index (χ3n) is 4.93. The van der Waals surface area contributed by atoms with E-state index in [1.165, 1.54) is 6.92 Å². The number of hydrogen-bond donors (Lipinski definition) is 1. The van der Waals surface area contributed by atoms with Crippen LogP contribution in [0.4, 0.5) is 0 Å². The predicted octanol–water partition coefficient (Wildman–Crippen LogP) is 2.54. The van der Waals surface area contributed by atoms with Gasteiger partial charge in [0.2, 0.25) is 0 Å². The lowest BCUT2D eigenvalue weighted by Gasteiger charge is -2.18. The molecule has 7 nitrogen and oxygen atoms in total. The lowest BCUT2D eigenvalue weighted by atomic mass is 10.1. The largest absolute Gasteiger partial charge is 0.452 e. The summed E-state index contributed by atoms with van der Waals surface area (Å²) in [5.74, 6) is -0.892. The number of esters is 1. The minimum atomic E-state index is -0.919. The van der Waals surface area contributed by atoms with E-state index in [0.29, 0.717) is 0 Å². The van der Waals surface area contributed by atoms with Crippen molar-refractivity contribution in [1.29, 1.82) is 0 Å². The molecule has 1 amide bonds. The van der Waals surface area contributed by atoms with Crippen LogP contribution in [0.25, 0.3) is 11.0 Å². The van der Waals surface area contributed by atoms with Crippen LogP contribution in [-0.4, -0.2) is 27.1 Å². The Labute approximate surface area is 168 Å². The standard InChI is InChI=1S/C22H25N3O4/c1-15(17-9-5-4-6-10-17)23-21(27)16(2)29-20(26)13-14-25-19-12-8-7-11-18(19)24(3)22(25)28/h4-12,15-16H,13-14H2,1-3H3,(H,23,27). The Kier molecular flexibility index (Phi) is 6.16. The van der Waals surface area contributed by atoms with E-state index in [1.54, 1.807) is 16.2 Å². The number of hydrogen-bond acceptors (Lipinski definition) is 4. The zero-order valence-corrected chi connectivity index (χ0v) is 16.8. The highest BCUT2D eigenvalue weighted by Crippen LogP contribution is 2.13. The summed E-state index contributed by atoms with van der Waals surface area (Å²) in [6.45, 7) is 3.59. The second kappa shape index (κ2) is 8.77. The minimum absolute atomic E-state index is 0.000225. The van der Waals surface area contributed by atoms with Crippen molar-refractivity contribution < 1.29 is 14.3 Å². The number of aryl methyl sites for hydroxylation is 2. The van der Waals surface area contributed by atoms with Gasteiger partial charge in [0.25, 0.3) is 5.91 Å². The summed E-state index contributed by atoms with van der Waals surface area (Å²) < 4.78 is 8.34. The zero-order chi connectivity index (χ0) is 21.0. The molecule has 0 radical (unpaired) electrons. The first-order valence-electron chi connectivity index (χ1n) is 9.57. The predicted molar refractivity (Wildman–Crippen MR) is 110 cm³/mol. The van der Waals surface area contributed by atoms with E-state index >= 15 is 0 Å². The summed E-state index contributed by atoms with van der Waals surface area (Å²) in [6, 6.07) is 16.7. The van der Waals surface area contributed by atoms with Crippen molar-refractivity contribution in [1.82, 2.24) is 14.5 Å².